The zero-order valence-corrected chi connectivity index (χ0v) is 15.6. The molecule has 2 aliphatic rings. The van der Waals surface area contributed by atoms with Gasteiger partial charge >= 0.3 is 12.2 Å². The van der Waals surface area contributed by atoms with Gasteiger partial charge in [-0.2, -0.15) is 18.3 Å². The van der Waals surface area contributed by atoms with Gasteiger partial charge in [-0.3, -0.25) is 0 Å². The number of carbonyl (C=O) groups is 1. The monoisotopic (exact) mass is 394 g/mol. The van der Waals surface area contributed by atoms with Gasteiger partial charge < -0.3 is 15.0 Å². The molecule has 1 aromatic heterocycles. The molecule has 2 fully saturated rings. The van der Waals surface area contributed by atoms with E-state index in [-0.39, 0.29) is 11.3 Å². The van der Waals surface area contributed by atoms with E-state index >= 15 is 0 Å². The zero-order valence-electron chi connectivity index (χ0n) is 15.6. The maximum Gasteiger partial charge on any atom is 0.416 e. The summed E-state index contributed by atoms with van der Waals surface area (Å²) in [7, 11) is 0. The molecule has 2 saturated heterocycles. The minimum Gasteiger partial charge on any atom is -0.371 e. The van der Waals surface area contributed by atoms with Crippen molar-refractivity contribution >= 4 is 11.7 Å². The number of urea groups is 1. The summed E-state index contributed by atoms with van der Waals surface area (Å²) in [5, 5.41) is 6.96. The number of halogens is 3. The zero-order chi connectivity index (χ0) is 20.1. The SMILES string of the molecule is Cc1cc(C)n(-c2ccc(C(F)(F)F)cc2NC(=O)N2CC3(CCCO3)C2)n1. The fourth-order valence-corrected chi connectivity index (χ4v) is 3.86. The molecule has 0 saturated carbocycles. The Kier molecular flexibility index (Phi) is 4.37. The minimum absolute atomic E-state index is 0.0688. The lowest BCUT2D eigenvalue weighted by Gasteiger charge is -2.46. The Bertz CT molecular complexity index is 908. The molecule has 1 N–H and O–H groups in total. The van der Waals surface area contributed by atoms with E-state index in [1.54, 1.807) is 18.7 Å². The number of benzene rings is 1. The Hall–Kier alpha value is -2.55. The highest BCUT2D eigenvalue weighted by Crippen LogP contribution is 2.37. The summed E-state index contributed by atoms with van der Waals surface area (Å²) >= 11 is 0. The summed E-state index contributed by atoms with van der Waals surface area (Å²) in [6.45, 7) is 5.19. The molecule has 1 aromatic carbocycles. The number of hydrogen-bond acceptors (Lipinski definition) is 3. The number of rotatable bonds is 2. The van der Waals surface area contributed by atoms with Crippen LogP contribution in [0.25, 0.3) is 5.69 Å². The minimum atomic E-state index is -4.51. The van der Waals surface area contributed by atoms with E-state index in [1.165, 1.54) is 10.7 Å². The molecular weight excluding hydrogens is 373 g/mol. The van der Waals surface area contributed by atoms with E-state index in [9.17, 15) is 18.0 Å². The number of aryl methyl sites for hydroxylation is 2. The third-order valence-corrected chi connectivity index (χ3v) is 5.23. The van der Waals surface area contributed by atoms with E-state index in [1.807, 2.05) is 6.07 Å². The fraction of sp³-hybridized carbons (Fsp3) is 0.474. The summed E-state index contributed by atoms with van der Waals surface area (Å²) in [6.07, 6.45) is -2.64. The Morgan fingerprint density at radius 1 is 1.25 bits per heavy atom. The lowest BCUT2D eigenvalue weighted by Crippen LogP contribution is -2.63. The van der Waals surface area contributed by atoms with E-state index in [0.29, 0.717) is 25.4 Å². The van der Waals surface area contributed by atoms with E-state index in [4.69, 9.17) is 4.74 Å². The van der Waals surface area contributed by atoms with Crippen LogP contribution in [0.4, 0.5) is 23.7 Å². The van der Waals surface area contributed by atoms with Crippen LogP contribution >= 0.6 is 0 Å². The average Bonchev–Trinajstić information content (AvgIpc) is 3.19. The topological polar surface area (TPSA) is 59.4 Å². The van der Waals surface area contributed by atoms with Crippen molar-refractivity contribution in [3.8, 4) is 5.69 Å². The molecule has 4 rings (SSSR count). The van der Waals surface area contributed by atoms with Crippen LogP contribution in [0.1, 0.15) is 29.8 Å². The molecule has 1 spiro atoms. The van der Waals surface area contributed by atoms with Gasteiger partial charge in [0.1, 0.15) is 5.60 Å². The summed E-state index contributed by atoms with van der Waals surface area (Å²) in [6, 6.07) is 4.65. The van der Waals surface area contributed by atoms with Crippen molar-refractivity contribution in [1.29, 1.82) is 0 Å². The lowest BCUT2D eigenvalue weighted by atomic mass is 9.91. The Balaban J connectivity index is 1.62. The molecule has 0 aliphatic carbocycles. The van der Waals surface area contributed by atoms with Gasteiger partial charge in [0.15, 0.2) is 0 Å². The van der Waals surface area contributed by atoms with Crippen molar-refractivity contribution in [2.75, 3.05) is 25.0 Å². The predicted octanol–water partition coefficient (Wildman–Crippen LogP) is 3.90. The van der Waals surface area contributed by atoms with Gasteiger partial charge in [0, 0.05) is 12.3 Å². The Labute approximate surface area is 160 Å². The first kappa shape index (κ1) is 18.8. The van der Waals surface area contributed by atoms with E-state index in [2.05, 4.69) is 10.4 Å². The van der Waals surface area contributed by atoms with Crippen LogP contribution < -0.4 is 5.32 Å². The third kappa shape index (κ3) is 3.34. The first-order valence-electron chi connectivity index (χ1n) is 9.12. The molecule has 0 unspecified atom stereocenters. The van der Waals surface area contributed by atoms with Crippen LogP contribution in [0.15, 0.2) is 24.3 Å². The molecule has 6 nitrogen and oxygen atoms in total. The van der Waals surface area contributed by atoms with Crippen LogP contribution in [-0.2, 0) is 10.9 Å². The predicted molar refractivity (Wildman–Crippen MR) is 96.5 cm³/mol. The van der Waals surface area contributed by atoms with Gasteiger partial charge in [-0.1, -0.05) is 0 Å². The Morgan fingerprint density at radius 3 is 2.57 bits per heavy atom. The van der Waals surface area contributed by atoms with Crippen LogP contribution in [0.2, 0.25) is 0 Å². The molecule has 0 radical (unpaired) electrons. The van der Waals surface area contributed by atoms with Crippen molar-refractivity contribution in [1.82, 2.24) is 14.7 Å². The average molecular weight is 394 g/mol. The quantitative estimate of drug-likeness (QED) is 0.840. The van der Waals surface area contributed by atoms with E-state index in [0.717, 1.165) is 36.4 Å². The summed E-state index contributed by atoms with van der Waals surface area (Å²) < 4.78 is 46.8. The molecule has 150 valence electrons. The van der Waals surface area contributed by atoms with Crippen LogP contribution in [0.3, 0.4) is 0 Å². The normalized spacial score (nSPS) is 18.4. The second kappa shape index (κ2) is 6.51. The summed E-state index contributed by atoms with van der Waals surface area (Å²) in [4.78, 5) is 14.2. The number of anilines is 1. The van der Waals surface area contributed by atoms with Crippen LogP contribution in [0, 0.1) is 13.8 Å². The molecule has 28 heavy (non-hydrogen) atoms. The highest BCUT2D eigenvalue weighted by atomic mass is 19.4. The largest absolute Gasteiger partial charge is 0.416 e. The van der Waals surface area contributed by atoms with Gasteiger partial charge in [-0.25, -0.2) is 9.48 Å². The first-order valence-corrected chi connectivity index (χ1v) is 9.12. The molecule has 2 amide bonds. The highest BCUT2D eigenvalue weighted by Gasteiger charge is 2.48. The van der Waals surface area contributed by atoms with Crippen molar-refractivity contribution in [2.45, 2.75) is 38.5 Å². The van der Waals surface area contributed by atoms with Gasteiger partial charge in [-0.05, 0) is 51.0 Å². The molecule has 2 aliphatic heterocycles. The summed E-state index contributed by atoms with van der Waals surface area (Å²) in [5.41, 5.74) is 0.850. The molecular formula is C19H21F3N4O2. The second-order valence-corrected chi connectivity index (χ2v) is 7.49. The molecule has 0 atom stereocenters. The number of carbonyl (C=O) groups excluding carboxylic acids is 1. The third-order valence-electron chi connectivity index (χ3n) is 5.23. The number of nitrogens with zero attached hydrogens (tertiary/aromatic N) is 3. The fourth-order valence-electron chi connectivity index (χ4n) is 3.86. The van der Waals surface area contributed by atoms with Crippen molar-refractivity contribution in [3.63, 3.8) is 0 Å². The smallest absolute Gasteiger partial charge is 0.371 e. The van der Waals surface area contributed by atoms with Crippen LogP contribution in [0.5, 0.6) is 0 Å². The number of amides is 2. The number of aromatic nitrogens is 2. The lowest BCUT2D eigenvalue weighted by molar-refractivity contribution is -0.137. The van der Waals surface area contributed by atoms with Gasteiger partial charge in [0.2, 0.25) is 0 Å². The number of nitrogens with one attached hydrogen (secondary N) is 1. The van der Waals surface area contributed by atoms with E-state index < -0.39 is 17.8 Å². The van der Waals surface area contributed by atoms with Gasteiger partial charge in [0.05, 0.1) is 35.7 Å². The number of hydrogen-bond donors (Lipinski definition) is 1. The molecule has 3 heterocycles. The van der Waals surface area contributed by atoms with Crippen molar-refractivity contribution in [2.24, 2.45) is 0 Å². The van der Waals surface area contributed by atoms with Crippen LogP contribution in [-0.4, -0.2) is 46.0 Å². The highest BCUT2D eigenvalue weighted by molar-refractivity contribution is 5.92. The van der Waals surface area contributed by atoms with Crippen molar-refractivity contribution < 1.29 is 22.7 Å². The van der Waals surface area contributed by atoms with Gasteiger partial charge in [-0.15, -0.1) is 0 Å². The van der Waals surface area contributed by atoms with Crippen molar-refractivity contribution in [3.05, 3.63) is 41.2 Å². The molecule has 0 bridgehead atoms. The second-order valence-electron chi connectivity index (χ2n) is 7.49. The van der Waals surface area contributed by atoms with Gasteiger partial charge in [0.25, 0.3) is 0 Å². The number of alkyl halides is 3. The standard InChI is InChI=1S/C19H21F3N4O2/c1-12-8-13(2)26(24-12)16-5-4-14(19(20,21)22)9-15(16)23-17(27)25-10-18(11-25)6-3-7-28-18/h4-5,8-9H,3,6-7,10-11H2,1-2H3,(H,23,27). The number of ether oxygens (including phenoxy) is 1. The first-order chi connectivity index (χ1) is 13.2. The maximum absolute atomic E-state index is 13.2. The Morgan fingerprint density at radius 2 is 2.00 bits per heavy atom. The molecule has 2 aromatic rings. The summed E-state index contributed by atoms with van der Waals surface area (Å²) in [5.74, 6) is 0. The number of likely N-dealkylation sites (tertiary alicyclic amines) is 1. The molecule has 9 heteroatoms. The maximum atomic E-state index is 13.2.